The van der Waals surface area contributed by atoms with Crippen molar-refractivity contribution in [2.45, 2.75) is 4.90 Å². The third kappa shape index (κ3) is 3.03. The fraction of sp³-hybridized carbons (Fsp3) is 0. The number of sulfonamides is 1. The number of nitrogens with zero attached hydrogens (tertiary/aromatic N) is 2. The molecular weight excluding hydrogens is 394 g/mol. The summed E-state index contributed by atoms with van der Waals surface area (Å²) in [5.74, 6) is 0. The highest BCUT2D eigenvalue weighted by Gasteiger charge is 2.19. The lowest BCUT2D eigenvalue weighted by Crippen LogP contribution is -2.13. The van der Waals surface area contributed by atoms with E-state index in [1.165, 1.54) is 11.6 Å². The molecule has 0 spiro atoms. The standard InChI is InChI=1S/C8H5Br2N3O2S2/c9-5-1-2-6(10)7(3-5)17(14,15)13-8-12-11-4-16-8/h1-4H,(H,12,13). The van der Waals surface area contributed by atoms with Crippen LogP contribution in [0.4, 0.5) is 5.13 Å². The molecule has 0 radical (unpaired) electrons. The molecule has 0 aliphatic carbocycles. The number of hydrogen-bond acceptors (Lipinski definition) is 5. The van der Waals surface area contributed by atoms with Crippen LogP contribution in [-0.4, -0.2) is 18.6 Å². The number of rotatable bonds is 3. The lowest BCUT2D eigenvalue weighted by molar-refractivity contribution is 0.600. The molecule has 0 atom stereocenters. The number of hydrogen-bond donors (Lipinski definition) is 1. The van der Waals surface area contributed by atoms with Crippen LogP contribution in [0.1, 0.15) is 0 Å². The summed E-state index contributed by atoms with van der Waals surface area (Å²) in [4.78, 5) is 0.141. The van der Waals surface area contributed by atoms with E-state index in [0.717, 1.165) is 11.3 Å². The van der Waals surface area contributed by atoms with Crippen molar-refractivity contribution in [3.8, 4) is 0 Å². The van der Waals surface area contributed by atoms with Crippen LogP contribution in [0.5, 0.6) is 0 Å². The lowest BCUT2D eigenvalue weighted by atomic mass is 10.4. The van der Waals surface area contributed by atoms with Crippen molar-refractivity contribution in [1.82, 2.24) is 10.2 Å². The van der Waals surface area contributed by atoms with Gasteiger partial charge in [-0.1, -0.05) is 27.3 Å². The second kappa shape index (κ2) is 5.01. The van der Waals surface area contributed by atoms with Gasteiger partial charge in [0.2, 0.25) is 5.13 Å². The van der Waals surface area contributed by atoms with Gasteiger partial charge in [0.1, 0.15) is 10.4 Å². The van der Waals surface area contributed by atoms with Crippen LogP contribution >= 0.6 is 43.2 Å². The summed E-state index contributed by atoms with van der Waals surface area (Å²) in [6.07, 6.45) is 0. The van der Waals surface area contributed by atoms with Gasteiger partial charge in [-0.2, -0.15) is 0 Å². The summed E-state index contributed by atoms with van der Waals surface area (Å²) in [6.45, 7) is 0. The Labute approximate surface area is 119 Å². The molecular formula is C8H5Br2N3O2S2. The minimum absolute atomic E-state index is 0.141. The average Bonchev–Trinajstić information content (AvgIpc) is 2.73. The lowest BCUT2D eigenvalue weighted by Gasteiger charge is -2.07. The van der Waals surface area contributed by atoms with Crippen LogP contribution < -0.4 is 4.72 Å². The molecule has 0 saturated heterocycles. The second-order valence-corrected chi connectivity index (χ2v) is 7.18. The van der Waals surface area contributed by atoms with Crippen molar-refractivity contribution >= 4 is 58.4 Å². The van der Waals surface area contributed by atoms with E-state index in [1.807, 2.05) is 0 Å². The number of aromatic nitrogens is 2. The predicted molar refractivity (Wildman–Crippen MR) is 72.6 cm³/mol. The summed E-state index contributed by atoms with van der Waals surface area (Å²) in [5, 5.41) is 7.42. The smallest absolute Gasteiger partial charge is 0.253 e. The third-order valence-electron chi connectivity index (χ3n) is 1.76. The van der Waals surface area contributed by atoms with Crippen molar-refractivity contribution in [3.05, 3.63) is 32.7 Å². The number of nitrogens with one attached hydrogen (secondary N) is 1. The molecule has 1 aromatic carbocycles. The van der Waals surface area contributed by atoms with Gasteiger partial charge in [-0.15, -0.1) is 10.2 Å². The number of halogens is 2. The SMILES string of the molecule is O=S(=O)(Nc1nncs1)c1cc(Br)ccc1Br. The normalized spacial score (nSPS) is 11.4. The first-order chi connectivity index (χ1) is 7.99. The minimum Gasteiger partial charge on any atom is -0.253 e. The van der Waals surface area contributed by atoms with E-state index in [4.69, 9.17) is 0 Å². The highest BCUT2D eigenvalue weighted by atomic mass is 79.9. The molecule has 1 heterocycles. The Morgan fingerprint density at radius 3 is 2.71 bits per heavy atom. The first kappa shape index (κ1) is 12.9. The van der Waals surface area contributed by atoms with Gasteiger partial charge in [-0.3, -0.25) is 4.72 Å². The predicted octanol–water partition coefficient (Wildman–Crippen LogP) is 2.86. The molecule has 2 aromatic rings. The molecule has 1 N–H and O–H groups in total. The molecule has 0 saturated carbocycles. The average molecular weight is 399 g/mol. The van der Waals surface area contributed by atoms with Crippen LogP contribution in [0, 0.1) is 0 Å². The van der Waals surface area contributed by atoms with E-state index in [-0.39, 0.29) is 10.0 Å². The van der Waals surface area contributed by atoms with Crippen LogP contribution in [-0.2, 0) is 10.0 Å². The fourth-order valence-corrected chi connectivity index (χ4v) is 4.27. The molecule has 2 rings (SSSR count). The molecule has 0 bridgehead atoms. The van der Waals surface area contributed by atoms with Gasteiger partial charge in [0.05, 0.1) is 0 Å². The van der Waals surface area contributed by atoms with Crippen LogP contribution in [0.2, 0.25) is 0 Å². The van der Waals surface area contributed by atoms with E-state index >= 15 is 0 Å². The quantitative estimate of drug-likeness (QED) is 0.862. The number of benzene rings is 1. The monoisotopic (exact) mass is 397 g/mol. The summed E-state index contributed by atoms with van der Waals surface area (Å²) in [7, 11) is -3.66. The molecule has 0 fully saturated rings. The maximum absolute atomic E-state index is 12.0. The van der Waals surface area contributed by atoms with Gasteiger partial charge in [0.15, 0.2) is 0 Å². The van der Waals surface area contributed by atoms with Gasteiger partial charge in [-0.25, -0.2) is 8.42 Å². The summed E-state index contributed by atoms with van der Waals surface area (Å²) in [5.41, 5.74) is 1.45. The zero-order valence-electron chi connectivity index (χ0n) is 8.09. The van der Waals surface area contributed by atoms with Crippen molar-refractivity contribution in [2.75, 3.05) is 4.72 Å². The number of anilines is 1. The summed E-state index contributed by atoms with van der Waals surface area (Å²) in [6, 6.07) is 4.90. The zero-order valence-corrected chi connectivity index (χ0v) is 12.9. The first-order valence-electron chi connectivity index (χ1n) is 4.23. The molecule has 1 aromatic heterocycles. The van der Waals surface area contributed by atoms with Gasteiger partial charge in [0.25, 0.3) is 10.0 Å². The van der Waals surface area contributed by atoms with Crippen LogP contribution in [0.25, 0.3) is 0 Å². The van der Waals surface area contributed by atoms with E-state index in [0.29, 0.717) is 8.95 Å². The molecule has 5 nitrogen and oxygen atoms in total. The van der Waals surface area contributed by atoms with Crippen LogP contribution in [0.15, 0.2) is 37.6 Å². The Bertz CT molecular complexity index is 628. The third-order valence-corrected chi connectivity index (χ3v) is 5.33. The Hall–Kier alpha value is -0.510. The van der Waals surface area contributed by atoms with Gasteiger partial charge < -0.3 is 0 Å². The van der Waals surface area contributed by atoms with Crippen molar-refractivity contribution in [3.63, 3.8) is 0 Å². The van der Waals surface area contributed by atoms with Crippen molar-refractivity contribution in [1.29, 1.82) is 0 Å². The van der Waals surface area contributed by atoms with Gasteiger partial charge in [0, 0.05) is 8.95 Å². The Balaban J connectivity index is 2.41. The largest absolute Gasteiger partial charge is 0.264 e. The fourth-order valence-electron chi connectivity index (χ4n) is 1.07. The Morgan fingerprint density at radius 1 is 1.29 bits per heavy atom. The first-order valence-corrected chi connectivity index (χ1v) is 8.18. The van der Waals surface area contributed by atoms with Crippen molar-refractivity contribution < 1.29 is 8.42 Å². The highest BCUT2D eigenvalue weighted by molar-refractivity contribution is 9.11. The van der Waals surface area contributed by atoms with E-state index < -0.39 is 10.0 Å². The topological polar surface area (TPSA) is 72.0 Å². The molecule has 0 aliphatic heterocycles. The highest BCUT2D eigenvalue weighted by Crippen LogP contribution is 2.27. The maximum Gasteiger partial charge on any atom is 0.264 e. The molecule has 0 amide bonds. The van der Waals surface area contributed by atoms with Gasteiger partial charge >= 0.3 is 0 Å². The maximum atomic E-state index is 12.0. The van der Waals surface area contributed by atoms with Crippen molar-refractivity contribution in [2.24, 2.45) is 0 Å². The zero-order chi connectivity index (χ0) is 12.5. The molecule has 0 aliphatic rings. The second-order valence-electron chi connectivity index (χ2n) is 2.92. The van der Waals surface area contributed by atoms with E-state index in [2.05, 4.69) is 46.8 Å². The van der Waals surface area contributed by atoms with E-state index in [1.54, 1.807) is 12.1 Å². The molecule has 0 unspecified atom stereocenters. The Kier molecular flexibility index (Phi) is 3.81. The molecule has 9 heteroatoms. The molecule has 90 valence electrons. The van der Waals surface area contributed by atoms with E-state index in [9.17, 15) is 8.42 Å². The summed E-state index contributed by atoms with van der Waals surface area (Å²) >= 11 is 7.54. The molecule has 17 heavy (non-hydrogen) atoms. The minimum atomic E-state index is -3.66. The summed E-state index contributed by atoms with van der Waals surface area (Å²) < 4.78 is 27.6. The van der Waals surface area contributed by atoms with Gasteiger partial charge in [-0.05, 0) is 34.1 Å². The van der Waals surface area contributed by atoms with Crippen LogP contribution in [0.3, 0.4) is 0 Å². The Morgan fingerprint density at radius 2 is 2.06 bits per heavy atom.